The zero-order valence-corrected chi connectivity index (χ0v) is 19.6. The lowest BCUT2D eigenvalue weighted by atomic mass is 9.43. The standard InChI is InChI=1S/C25H42O4/c1-8-9-12-23(4)15-20(29-16-27-6)24(5)17(2)10-13-25(18(3)22(23)26)14-11-19(28-7)21(24)25/h8-9,17-21H,10-16H2,1-7H3/b9-8+/t17-,18+,19-,20-,21?,23-,24+,25?/m1/s1. The van der Waals surface area contributed by atoms with Gasteiger partial charge in [-0.1, -0.05) is 39.8 Å². The third kappa shape index (κ3) is 3.43. The Morgan fingerprint density at radius 1 is 1.14 bits per heavy atom. The number of Topliss-reactive ketones (excluding diaryl/α,β-unsaturated/α-hetero) is 1. The predicted octanol–water partition coefficient (Wildman–Crippen LogP) is 5.40. The lowest BCUT2D eigenvalue weighted by Gasteiger charge is -2.62. The van der Waals surface area contributed by atoms with Crippen LogP contribution in [0, 0.1) is 34.0 Å². The largest absolute Gasteiger partial charge is 0.381 e. The van der Waals surface area contributed by atoms with Crippen LogP contribution in [0.3, 0.4) is 0 Å². The van der Waals surface area contributed by atoms with Crippen LogP contribution in [0.15, 0.2) is 12.2 Å². The average Bonchev–Trinajstić information content (AvgIpc) is 3.11. The third-order valence-electron chi connectivity index (χ3n) is 9.33. The molecule has 2 unspecified atom stereocenters. The molecule has 0 aromatic heterocycles. The van der Waals surface area contributed by atoms with Gasteiger partial charge in [0.05, 0.1) is 12.2 Å². The summed E-state index contributed by atoms with van der Waals surface area (Å²) in [4.78, 5) is 14.0. The van der Waals surface area contributed by atoms with Crippen LogP contribution in [-0.4, -0.2) is 39.0 Å². The van der Waals surface area contributed by atoms with Gasteiger partial charge in [-0.15, -0.1) is 0 Å². The lowest BCUT2D eigenvalue weighted by Crippen LogP contribution is -2.62. The highest BCUT2D eigenvalue weighted by Gasteiger charge is 2.68. The van der Waals surface area contributed by atoms with E-state index in [-0.39, 0.29) is 35.7 Å². The Morgan fingerprint density at radius 3 is 2.45 bits per heavy atom. The van der Waals surface area contributed by atoms with Gasteiger partial charge in [-0.25, -0.2) is 0 Å². The van der Waals surface area contributed by atoms with Gasteiger partial charge < -0.3 is 14.2 Å². The van der Waals surface area contributed by atoms with E-state index in [4.69, 9.17) is 14.2 Å². The van der Waals surface area contributed by atoms with Crippen LogP contribution >= 0.6 is 0 Å². The molecule has 0 spiro atoms. The van der Waals surface area contributed by atoms with Gasteiger partial charge in [0.25, 0.3) is 0 Å². The summed E-state index contributed by atoms with van der Waals surface area (Å²) in [5.41, 5.74) is -0.433. The van der Waals surface area contributed by atoms with Crippen molar-refractivity contribution in [1.29, 1.82) is 0 Å². The van der Waals surface area contributed by atoms with Gasteiger partial charge in [0.15, 0.2) is 0 Å². The first-order valence-corrected chi connectivity index (χ1v) is 11.5. The second-order valence-electron chi connectivity index (χ2n) is 10.5. The summed E-state index contributed by atoms with van der Waals surface area (Å²) >= 11 is 0. The molecule has 4 heteroatoms. The maximum absolute atomic E-state index is 14.0. The van der Waals surface area contributed by atoms with E-state index in [1.165, 1.54) is 0 Å². The molecule has 0 heterocycles. The lowest BCUT2D eigenvalue weighted by molar-refractivity contribution is -0.219. The van der Waals surface area contributed by atoms with E-state index in [0.29, 0.717) is 17.6 Å². The monoisotopic (exact) mass is 406 g/mol. The normalized spacial score (nSPS) is 47.8. The number of allylic oxidation sites excluding steroid dienone is 2. The first kappa shape index (κ1) is 23.0. The minimum atomic E-state index is -0.411. The molecular weight excluding hydrogens is 364 g/mol. The van der Waals surface area contributed by atoms with Gasteiger partial charge in [0.2, 0.25) is 0 Å². The molecule has 0 aromatic carbocycles. The molecule has 0 N–H and O–H groups in total. The number of methoxy groups -OCH3 is 2. The van der Waals surface area contributed by atoms with Crippen molar-refractivity contribution in [3.05, 3.63) is 12.2 Å². The number of ketones is 1. The fraction of sp³-hybridized carbons (Fsp3) is 0.880. The fourth-order valence-corrected chi connectivity index (χ4v) is 7.44. The van der Waals surface area contributed by atoms with Crippen LogP contribution in [0.5, 0.6) is 0 Å². The highest BCUT2D eigenvalue weighted by molar-refractivity contribution is 5.87. The summed E-state index contributed by atoms with van der Waals surface area (Å²) in [6.45, 7) is 11.5. The van der Waals surface area contributed by atoms with Gasteiger partial charge in [-0.2, -0.15) is 0 Å². The van der Waals surface area contributed by atoms with Gasteiger partial charge in [0, 0.05) is 31.0 Å². The van der Waals surface area contributed by atoms with Crippen molar-refractivity contribution in [2.45, 2.75) is 85.4 Å². The summed E-state index contributed by atoms with van der Waals surface area (Å²) in [7, 11) is 3.53. The van der Waals surface area contributed by atoms with Crippen LogP contribution in [-0.2, 0) is 19.0 Å². The molecule has 29 heavy (non-hydrogen) atoms. The van der Waals surface area contributed by atoms with E-state index < -0.39 is 5.41 Å². The van der Waals surface area contributed by atoms with Gasteiger partial charge in [0.1, 0.15) is 12.6 Å². The molecule has 3 aliphatic carbocycles. The van der Waals surface area contributed by atoms with Crippen LogP contribution in [0.4, 0.5) is 0 Å². The molecule has 0 saturated heterocycles. The number of carbonyl (C=O) groups excluding carboxylic acids is 1. The Morgan fingerprint density at radius 2 is 1.83 bits per heavy atom. The predicted molar refractivity (Wildman–Crippen MR) is 116 cm³/mol. The first-order chi connectivity index (χ1) is 13.7. The van der Waals surface area contributed by atoms with E-state index in [1.807, 2.05) is 14.0 Å². The highest BCUT2D eigenvalue weighted by Crippen LogP contribution is 2.68. The van der Waals surface area contributed by atoms with Crippen molar-refractivity contribution >= 4 is 5.78 Å². The average molecular weight is 407 g/mol. The molecule has 8 atom stereocenters. The maximum atomic E-state index is 14.0. The Bertz CT molecular complexity index is 630. The van der Waals surface area contributed by atoms with E-state index >= 15 is 0 Å². The summed E-state index contributed by atoms with van der Waals surface area (Å²) < 4.78 is 17.8. The minimum Gasteiger partial charge on any atom is -0.381 e. The molecule has 3 saturated carbocycles. The van der Waals surface area contributed by atoms with E-state index in [2.05, 4.69) is 39.8 Å². The smallest absolute Gasteiger partial charge is 0.146 e. The number of carbonyl (C=O) groups is 1. The summed E-state index contributed by atoms with van der Waals surface area (Å²) in [5, 5.41) is 0. The summed E-state index contributed by atoms with van der Waals surface area (Å²) in [6, 6.07) is 0. The van der Waals surface area contributed by atoms with E-state index in [1.54, 1.807) is 7.11 Å². The van der Waals surface area contributed by atoms with Crippen LogP contribution in [0.2, 0.25) is 0 Å². The maximum Gasteiger partial charge on any atom is 0.146 e. The summed E-state index contributed by atoms with van der Waals surface area (Å²) in [5.74, 6) is 1.33. The molecule has 3 fully saturated rings. The fourth-order valence-electron chi connectivity index (χ4n) is 7.44. The Balaban J connectivity index is 2.17. The summed E-state index contributed by atoms with van der Waals surface area (Å²) in [6.07, 6.45) is 10.3. The SMILES string of the molecule is C/C=C/C[C@]1(C)C[C@@H](OCOC)[C@@]2(C)C3[C@H](OC)CCC3(CC[C@H]2C)[C@@H](C)C1=O. The second-order valence-corrected chi connectivity index (χ2v) is 10.5. The third-order valence-corrected chi connectivity index (χ3v) is 9.33. The Kier molecular flexibility index (Phi) is 6.68. The van der Waals surface area contributed by atoms with Crippen molar-refractivity contribution in [2.24, 2.45) is 34.0 Å². The van der Waals surface area contributed by atoms with Crippen molar-refractivity contribution < 1.29 is 19.0 Å². The number of ether oxygens (including phenoxy) is 3. The van der Waals surface area contributed by atoms with E-state index in [0.717, 1.165) is 38.5 Å². The van der Waals surface area contributed by atoms with Crippen molar-refractivity contribution in [3.63, 3.8) is 0 Å². The Labute approximate surface area is 177 Å². The molecule has 0 radical (unpaired) electrons. The topological polar surface area (TPSA) is 44.8 Å². The quantitative estimate of drug-likeness (QED) is 0.437. The van der Waals surface area contributed by atoms with Gasteiger partial charge >= 0.3 is 0 Å². The molecule has 3 rings (SSSR count). The number of hydrogen-bond acceptors (Lipinski definition) is 4. The van der Waals surface area contributed by atoms with Crippen molar-refractivity contribution in [2.75, 3.05) is 21.0 Å². The van der Waals surface area contributed by atoms with Gasteiger partial charge in [-0.3, -0.25) is 4.79 Å². The zero-order valence-electron chi connectivity index (χ0n) is 19.6. The van der Waals surface area contributed by atoms with Crippen LogP contribution < -0.4 is 0 Å². The molecule has 4 nitrogen and oxygen atoms in total. The molecule has 0 aromatic rings. The first-order valence-electron chi connectivity index (χ1n) is 11.5. The van der Waals surface area contributed by atoms with Gasteiger partial charge in [-0.05, 0) is 62.7 Å². The number of rotatable bonds is 6. The molecule has 166 valence electrons. The molecule has 2 bridgehead atoms. The van der Waals surface area contributed by atoms with E-state index in [9.17, 15) is 4.79 Å². The van der Waals surface area contributed by atoms with Crippen LogP contribution in [0.25, 0.3) is 0 Å². The molecule has 0 aliphatic heterocycles. The minimum absolute atomic E-state index is 0.0192. The van der Waals surface area contributed by atoms with Crippen molar-refractivity contribution in [1.82, 2.24) is 0 Å². The highest BCUT2D eigenvalue weighted by atomic mass is 16.7. The Hall–Kier alpha value is -0.710. The second kappa shape index (κ2) is 8.43. The molecule has 0 amide bonds. The van der Waals surface area contributed by atoms with Crippen molar-refractivity contribution in [3.8, 4) is 0 Å². The molecular formula is C25H42O4. The number of hydrogen-bond donors (Lipinski definition) is 0. The zero-order chi connectivity index (χ0) is 21.4. The van der Waals surface area contributed by atoms with Crippen LogP contribution in [0.1, 0.15) is 73.1 Å². The molecule has 3 aliphatic rings.